The van der Waals surface area contributed by atoms with E-state index in [2.05, 4.69) is 10.1 Å². The number of rotatable bonds is 2. The van der Waals surface area contributed by atoms with Crippen molar-refractivity contribution in [2.75, 3.05) is 0 Å². The fourth-order valence-corrected chi connectivity index (χ4v) is 1.72. The van der Waals surface area contributed by atoms with Gasteiger partial charge in [-0.15, -0.1) is 0 Å². The number of fused-ring (bicyclic) bond motifs is 1. The molecule has 0 fully saturated rings. The van der Waals surface area contributed by atoms with Gasteiger partial charge in [0.25, 0.3) is 0 Å². The topological polar surface area (TPSA) is 50.2 Å². The minimum absolute atomic E-state index is 0.661. The quantitative estimate of drug-likeness (QED) is 0.660. The van der Waals surface area contributed by atoms with Crippen LogP contribution in [-0.4, -0.2) is 20.9 Å². The Kier molecular flexibility index (Phi) is 1.86. The summed E-state index contributed by atoms with van der Waals surface area (Å²) in [4.78, 5) is 15.1. The highest BCUT2D eigenvalue weighted by molar-refractivity contribution is 5.78. The minimum atomic E-state index is 0.661. The highest BCUT2D eigenvalue weighted by Gasteiger charge is 2.04. The normalized spacial score (nSPS) is 10.8. The molecule has 4 heteroatoms. The van der Waals surface area contributed by atoms with Gasteiger partial charge < -0.3 is 5.10 Å². The number of aromatic amines is 1. The Morgan fingerprint density at radius 2 is 2.25 bits per heavy atom. The number of carbonyl (C=O) groups excluding carboxylic acids is 1. The summed E-state index contributed by atoms with van der Waals surface area (Å²) in [5.74, 6) is 0. The van der Waals surface area contributed by atoms with Crippen LogP contribution < -0.4 is 0 Å². The lowest BCUT2D eigenvalue weighted by Crippen LogP contribution is -1.82. The third kappa shape index (κ3) is 1.32. The van der Waals surface area contributed by atoms with Gasteiger partial charge in [-0.25, -0.2) is 9.50 Å². The van der Waals surface area contributed by atoms with Crippen LogP contribution in [0, 0.1) is 0 Å². The fraction of sp³-hybridized carbons (Fsp3) is 0. The molecule has 1 aromatic carbocycles. The highest BCUT2D eigenvalue weighted by Crippen LogP contribution is 2.19. The van der Waals surface area contributed by atoms with Crippen LogP contribution in [0.15, 0.2) is 42.7 Å². The van der Waals surface area contributed by atoms with Gasteiger partial charge in [-0.2, -0.15) is 0 Å². The summed E-state index contributed by atoms with van der Waals surface area (Å²) < 4.78 is 1.84. The van der Waals surface area contributed by atoms with Crippen molar-refractivity contribution < 1.29 is 4.79 Å². The Bertz CT molecular complexity index is 622. The Labute approximate surface area is 91.5 Å². The van der Waals surface area contributed by atoms with Crippen LogP contribution in [0.1, 0.15) is 10.4 Å². The molecular formula is C12H9N3O. The maximum absolute atomic E-state index is 10.7. The molecule has 4 nitrogen and oxygen atoms in total. The first kappa shape index (κ1) is 8.91. The van der Waals surface area contributed by atoms with E-state index < -0.39 is 0 Å². The predicted octanol–water partition coefficient (Wildman–Crippen LogP) is 2.14. The molecule has 0 bridgehead atoms. The van der Waals surface area contributed by atoms with Crippen molar-refractivity contribution in [3.05, 3.63) is 48.3 Å². The second-order valence-electron chi connectivity index (χ2n) is 3.56. The zero-order valence-electron chi connectivity index (χ0n) is 8.42. The largest absolute Gasteiger partial charge is 0.300 e. The maximum atomic E-state index is 10.7. The first-order chi connectivity index (χ1) is 7.86. The van der Waals surface area contributed by atoms with Gasteiger partial charge in [0.15, 0.2) is 5.65 Å². The molecule has 0 aliphatic heterocycles. The molecule has 1 N–H and O–H groups in total. The van der Waals surface area contributed by atoms with Crippen LogP contribution in [0.25, 0.3) is 16.9 Å². The SMILES string of the molecule is O=Cc1cccc(-c2cn3[nH]ccc3n2)c1. The van der Waals surface area contributed by atoms with Gasteiger partial charge in [-0.05, 0) is 6.07 Å². The molecule has 3 rings (SSSR count). The van der Waals surface area contributed by atoms with Gasteiger partial charge in [-0.1, -0.05) is 18.2 Å². The molecule has 0 aliphatic carbocycles. The maximum Gasteiger partial charge on any atom is 0.153 e. The average molecular weight is 211 g/mol. The van der Waals surface area contributed by atoms with E-state index in [9.17, 15) is 4.79 Å². The summed E-state index contributed by atoms with van der Waals surface area (Å²) in [6.07, 6.45) is 4.57. The van der Waals surface area contributed by atoms with E-state index in [1.807, 2.05) is 41.2 Å². The molecule has 0 unspecified atom stereocenters. The first-order valence-electron chi connectivity index (χ1n) is 4.95. The Morgan fingerprint density at radius 3 is 3.06 bits per heavy atom. The molecule has 78 valence electrons. The Hall–Kier alpha value is -2.36. The van der Waals surface area contributed by atoms with E-state index in [0.29, 0.717) is 5.56 Å². The average Bonchev–Trinajstić information content (AvgIpc) is 2.89. The van der Waals surface area contributed by atoms with Crippen molar-refractivity contribution in [1.29, 1.82) is 0 Å². The number of aldehydes is 1. The molecule has 2 aromatic heterocycles. The third-order valence-electron chi connectivity index (χ3n) is 2.50. The predicted molar refractivity (Wildman–Crippen MR) is 60.4 cm³/mol. The van der Waals surface area contributed by atoms with Gasteiger partial charge in [0.1, 0.15) is 6.29 Å². The van der Waals surface area contributed by atoms with Gasteiger partial charge in [-0.3, -0.25) is 4.79 Å². The Balaban J connectivity index is 2.14. The van der Waals surface area contributed by atoms with Crippen molar-refractivity contribution in [1.82, 2.24) is 14.6 Å². The summed E-state index contributed by atoms with van der Waals surface area (Å²) >= 11 is 0. The minimum Gasteiger partial charge on any atom is -0.300 e. The zero-order valence-corrected chi connectivity index (χ0v) is 8.42. The summed E-state index contributed by atoms with van der Waals surface area (Å²) in [5, 5.41) is 3.02. The number of imidazole rings is 1. The lowest BCUT2D eigenvalue weighted by molar-refractivity contribution is 0.112. The molecule has 0 atom stereocenters. The van der Waals surface area contributed by atoms with Gasteiger partial charge >= 0.3 is 0 Å². The summed E-state index contributed by atoms with van der Waals surface area (Å²) in [6, 6.07) is 9.29. The lowest BCUT2D eigenvalue weighted by atomic mass is 10.1. The van der Waals surface area contributed by atoms with Crippen molar-refractivity contribution >= 4 is 11.9 Å². The number of nitrogens with zero attached hydrogens (tertiary/aromatic N) is 2. The Morgan fingerprint density at radius 1 is 1.31 bits per heavy atom. The summed E-state index contributed by atoms with van der Waals surface area (Å²) in [7, 11) is 0. The summed E-state index contributed by atoms with van der Waals surface area (Å²) in [5.41, 5.74) is 3.33. The molecule has 3 aromatic rings. The standard InChI is InChI=1S/C12H9N3O/c16-8-9-2-1-3-10(6-9)11-7-15-12(14-11)4-5-13-15/h1-8,13H. The number of H-pyrrole nitrogens is 1. The smallest absolute Gasteiger partial charge is 0.153 e. The number of hydrogen-bond acceptors (Lipinski definition) is 2. The number of aromatic nitrogens is 3. The van der Waals surface area contributed by atoms with Crippen LogP contribution >= 0.6 is 0 Å². The van der Waals surface area contributed by atoms with Crippen molar-refractivity contribution in [2.45, 2.75) is 0 Å². The monoisotopic (exact) mass is 211 g/mol. The van der Waals surface area contributed by atoms with Crippen LogP contribution in [0.2, 0.25) is 0 Å². The van der Waals surface area contributed by atoms with E-state index in [4.69, 9.17) is 0 Å². The molecular weight excluding hydrogens is 202 g/mol. The van der Waals surface area contributed by atoms with Gasteiger partial charge in [0.2, 0.25) is 0 Å². The molecule has 0 aliphatic rings. The zero-order chi connectivity index (χ0) is 11.0. The number of carbonyl (C=O) groups is 1. The second kappa shape index (κ2) is 3.34. The van der Waals surface area contributed by atoms with Crippen LogP contribution in [-0.2, 0) is 0 Å². The van der Waals surface area contributed by atoms with Crippen LogP contribution in [0.4, 0.5) is 0 Å². The van der Waals surface area contributed by atoms with Crippen molar-refractivity contribution in [2.24, 2.45) is 0 Å². The van der Waals surface area contributed by atoms with E-state index in [-0.39, 0.29) is 0 Å². The number of benzene rings is 1. The van der Waals surface area contributed by atoms with E-state index in [1.54, 1.807) is 6.07 Å². The van der Waals surface area contributed by atoms with Crippen molar-refractivity contribution in [3.8, 4) is 11.3 Å². The van der Waals surface area contributed by atoms with Gasteiger partial charge in [0.05, 0.1) is 11.9 Å². The lowest BCUT2D eigenvalue weighted by Gasteiger charge is -1.96. The summed E-state index contributed by atoms with van der Waals surface area (Å²) in [6.45, 7) is 0. The van der Waals surface area contributed by atoms with Crippen molar-refractivity contribution in [3.63, 3.8) is 0 Å². The third-order valence-corrected chi connectivity index (χ3v) is 2.50. The van der Waals surface area contributed by atoms with E-state index in [1.165, 1.54) is 0 Å². The number of nitrogens with one attached hydrogen (secondary N) is 1. The number of hydrogen-bond donors (Lipinski definition) is 1. The molecule has 0 saturated carbocycles. The van der Waals surface area contributed by atoms with Crippen LogP contribution in [0.5, 0.6) is 0 Å². The molecule has 0 spiro atoms. The highest BCUT2D eigenvalue weighted by atomic mass is 16.1. The van der Waals surface area contributed by atoms with E-state index >= 15 is 0 Å². The molecule has 16 heavy (non-hydrogen) atoms. The van der Waals surface area contributed by atoms with E-state index in [0.717, 1.165) is 23.2 Å². The van der Waals surface area contributed by atoms with Gasteiger partial charge in [0, 0.05) is 23.4 Å². The second-order valence-corrected chi connectivity index (χ2v) is 3.56. The molecule has 0 saturated heterocycles. The molecule has 2 heterocycles. The van der Waals surface area contributed by atoms with Crippen LogP contribution in [0.3, 0.4) is 0 Å². The molecule has 0 radical (unpaired) electrons. The fourth-order valence-electron chi connectivity index (χ4n) is 1.72. The first-order valence-corrected chi connectivity index (χ1v) is 4.95. The molecule has 0 amide bonds.